The van der Waals surface area contributed by atoms with Crippen molar-refractivity contribution in [3.63, 3.8) is 0 Å². The van der Waals surface area contributed by atoms with Crippen LogP contribution < -0.4 is 4.31 Å². The van der Waals surface area contributed by atoms with E-state index in [-0.39, 0.29) is 10.5 Å². The van der Waals surface area contributed by atoms with Gasteiger partial charge in [-0.3, -0.25) is 4.79 Å². The molecule has 27 heavy (non-hydrogen) atoms. The number of halogens is 1. The van der Waals surface area contributed by atoms with Crippen molar-refractivity contribution >= 4 is 33.2 Å². The van der Waals surface area contributed by atoms with Crippen molar-refractivity contribution in [2.75, 3.05) is 4.31 Å². The van der Waals surface area contributed by atoms with E-state index in [1.165, 1.54) is 18.2 Å². The number of hydrogen-bond acceptors (Lipinski definition) is 3. The van der Waals surface area contributed by atoms with Crippen molar-refractivity contribution < 1.29 is 13.2 Å². The third-order valence-corrected chi connectivity index (χ3v) is 6.28. The summed E-state index contributed by atoms with van der Waals surface area (Å²) in [6.07, 6.45) is 0. The second-order valence-corrected chi connectivity index (χ2v) is 8.34. The molecule has 1 amide bonds. The van der Waals surface area contributed by atoms with Gasteiger partial charge in [0.25, 0.3) is 15.9 Å². The van der Waals surface area contributed by atoms with Crippen LogP contribution in [0.3, 0.4) is 0 Å². The molecule has 3 aromatic carbocycles. The number of benzene rings is 3. The van der Waals surface area contributed by atoms with E-state index < -0.39 is 15.9 Å². The highest BCUT2D eigenvalue weighted by atomic mass is 35.5. The Bertz CT molecular complexity index is 1100. The lowest BCUT2D eigenvalue weighted by molar-refractivity contribution is 0.100. The van der Waals surface area contributed by atoms with Crippen molar-refractivity contribution in [3.05, 3.63) is 94.5 Å². The highest BCUT2D eigenvalue weighted by Gasteiger charge is 2.33. The fourth-order valence-corrected chi connectivity index (χ4v) is 4.42. The van der Waals surface area contributed by atoms with Gasteiger partial charge in [0, 0.05) is 10.6 Å². The molecule has 0 fully saturated rings. The van der Waals surface area contributed by atoms with E-state index in [4.69, 9.17) is 11.6 Å². The Morgan fingerprint density at radius 2 is 1.56 bits per heavy atom. The molecule has 0 aliphatic rings. The van der Waals surface area contributed by atoms with Gasteiger partial charge in [-0.05, 0) is 61.4 Å². The molecule has 4 nitrogen and oxygen atoms in total. The van der Waals surface area contributed by atoms with E-state index >= 15 is 0 Å². The van der Waals surface area contributed by atoms with E-state index in [1.54, 1.807) is 55.5 Å². The minimum absolute atomic E-state index is 0.0429. The second-order valence-electron chi connectivity index (χ2n) is 6.12. The third kappa shape index (κ3) is 3.75. The molecule has 138 valence electrons. The van der Waals surface area contributed by atoms with Gasteiger partial charge in [-0.2, -0.15) is 4.31 Å². The molecule has 0 radical (unpaired) electrons. The van der Waals surface area contributed by atoms with Crippen molar-refractivity contribution in [1.82, 2.24) is 0 Å². The molecule has 0 spiro atoms. The van der Waals surface area contributed by atoms with Crippen LogP contribution >= 0.6 is 11.6 Å². The minimum atomic E-state index is -4.11. The molecular formula is C21H18ClNO3S. The van der Waals surface area contributed by atoms with Crippen LogP contribution in [0.4, 0.5) is 5.69 Å². The summed E-state index contributed by atoms with van der Waals surface area (Å²) in [7, 11) is -4.11. The number of nitrogens with zero attached hydrogens (tertiary/aromatic N) is 1. The average Bonchev–Trinajstić information content (AvgIpc) is 2.66. The van der Waals surface area contributed by atoms with Crippen LogP contribution in [-0.4, -0.2) is 14.3 Å². The van der Waals surface area contributed by atoms with Crippen molar-refractivity contribution in [2.24, 2.45) is 0 Å². The molecule has 0 N–H and O–H groups in total. The topological polar surface area (TPSA) is 54.5 Å². The highest BCUT2D eigenvalue weighted by Crippen LogP contribution is 2.30. The molecule has 3 aromatic rings. The molecule has 0 saturated heterocycles. The molecule has 0 unspecified atom stereocenters. The Morgan fingerprint density at radius 3 is 2.22 bits per heavy atom. The van der Waals surface area contributed by atoms with Crippen molar-refractivity contribution in [1.29, 1.82) is 0 Å². The molecule has 3 rings (SSSR count). The predicted molar refractivity (Wildman–Crippen MR) is 108 cm³/mol. The standard InChI is InChI=1S/C21H18ClNO3S/c1-15-8-6-13-20(16(15)2)23(21(24)17-9-7-10-18(22)14-17)27(25,26)19-11-4-3-5-12-19/h3-14H,1-2H3. The molecule has 0 saturated carbocycles. The van der Waals surface area contributed by atoms with Gasteiger partial charge in [0.2, 0.25) is 0 Å². The Kier molecular flexibility index (Phi) is 5.35. The first-order valence-electron chi connectivity index (χ1n) is 8.29. The Morgan fingerprint density at radius 1 is 0.889 bits per heavy atom. The van der Waals surface area contributed by atoms with Crippen LogP contribution in [0, 0.1) is 13.8 Å². The Balaban J connectivity index is 2.24. The molecule has 0 heterocycles. The number of carbonyl (C=O) groups is 1. The first kappa shape index (κ1) is 19.1. The maximum atomic E-state index is 13.4. The van der Waals surface area contributed by atoms with Crippen molar-refractivity contribution in [2.45, 2.75) is 18.7 Å². The number of anilines is 1. The molecule has 0 bridgehead atoms. The lowest BCUT2D eigenvalue weighted by Crippen LogP contribution is -2.37. The number of sulfonamides is 1. The first-order valence-corrected chi connectivity index (χ1v) is 10.1. The first-order chi connectivity index (χ1) is 12.8. The Labute approximate surface area is 164 Å². The molecule has 0 aromatic heterocycles. The summed E-state index contributed by atoms with van der Waals surface area (Å²) in [5, 5.41) is 0.360. The van der Waals surface area contributed by atoms with E-state index in [1.807, 2.05) is 13.0 Å². The van der Waals surface area contributed by atoms with Crippen LogP contribution in [-0.2, 0) is 10.0 Å². The van der Waals surface area contributed by atoms with Crippen LogP contribution in [0.5, 0.6) is 0 Å². The van der Waals surface area contributed by atoms with Gasteiger partial charge >= 0.3 is 0 Å². The predicted octanol–water partition coefficient (Wildman–Crippen LogP) is 4.99. The summed E-state index contributed by atoms with van der Waals surface area (Å²) in [6.45, 7) is 3.67. The van der Waals surface area contributed by atoms with Gasteiger partial charge in [-0.15, -0.1) is 0 Å². The zero-order chi connectivity index (χ0) is 19.6. The maximum absolute atomic E-state index is 13.4. The average molecular weight is 400 g/mol. The second kappa shape index (κ2) is 7.55. The number of rotatable bonds is 4. The van der Waals surface area contributed by atoms with E-state index in [2.05, 4.69) is 0 Å². The Hall–Kier alpha value is -2.63. The van der Waals surface area contributed by atoms with E-state index in [0.717, 1.165) is 9.87 Å². The zero-order valence-corrected chi connectivity index (χ0v) is 16.5. The molecule has 0 aliphatic heterocycles. The minimum Gasteiger partial charge on any atom is -0.268 e. The SMILES string of the molecule is Cc1cccc(N(C(=O)c2cccc(Cl)c2)S(=O)(=O)c2ccccc2)c1C. The zero-order valence-electron chi connectivity index (χ0n) is 14.9. The number of hydrogen-bond donors (Lipinski definition) is 0. The van der Waals surface area contributed by atoms with E-state index in [9.17, 15) is 13.2 Å². The monoisotopic (exact) mass is 399 g/mol. The van der Waals surface area contributed by atoms with Crippen LogP contribution in [0.15, 0.2) is 77.7 Å². The quantitative estimate of drug-likeness (QED) is 0.620. The van der Waals surface area contributed by atoms with Gasteiger partial charge in [0.05, 0.1) is 10.6 Å². The number of aryl methyl sites for hydroxylation is 1. The maximum Gasteiger partial charge on any atom is 0.272 e. The molecular weight excluding hydrogens is 382 g/mol. The van der Waals surface area contributed by atoms with Gasteiger partial charge in [-0.1, -0.05) is 48.0 Å². The summed E-state index contributed by atoms with van der Waals surface area (Å²) >= 11 is 6.01. The fourth-order valence-electron chi connectivity index (χ4n) is 2.74. The fraction of sp³-hybridized carbons (Fsp3) is 0.0952. The molecule has 0 atom stereocenters. The summed E-state index contributed by atoms with van der Waals surface area (Å²) < 4.78 is 27.6. The van der Waals surface area contributed by atoms with Crippen molar-refractivity contribution in [3.8, 4) is 0 Å². The highest BCUT2D eigenvalue weighted by molar-refractivity contribution is 7.93. The smallest absolute Gasteiger partial charge is 0.268 e. The lowest BCUT2D eigenvalue weighted by Gasteiger charge is -2.25. The van der Waals surface area contributed by atoms with Crippen LogP contribution in [0.25, 0.3) is 0 Å². The summed E-state index contributed by atoms with van der Waals surface area (Å²) in [5.41, 5.74) is 2.12. The third-order valence-electron chi connectivity index (χ3n) is 4.33. The number of carbonyl (C=O) groups excluding carboxylic acids is 1. The molecule has 0 aliphatic carbocycles. The largest absolute Gasteiger partial charge is 0.272 e. The summed E-state index contributed by atoms with van der Waals surface area (Å²) in [5.74, 6) is -0.657. The van der Waals surface area contributed by atoms with Crippen LogP contribution in [0.2, 0.25) is 5.02 Å². The lowest BCUT2D eigenvalue weighted by atomic mass is 10.1. The molecule has 6 heteroatoms. The van der Waals surface area contributed by atoms with Gasteiger partial charge < -0.3 is 0 Å². The summed E-state index contributed by atoms with van der Waals surface area (Å²) in [6, 6.07) is 19.4. The van der Waals surface area contributed by atoms with Gasteiger partial charge in [-0.25, -0.2) is 8.42 Å². The van der Waals surface area contributed by atoms with Gasteiger partial charge in [0.15, 0.2) is 0 Å². The normalized spacial score (nSPS) is 11.2. The van der Waals surface area contributed by atoms with Crippen LogP contribution in [0.1, 0.15) is 21.5 Å². The summed E-state index contributed by atoms with van der Waals surface area (Å²) in [4.78, 5) is 13.3. The van der Waals surface area contributed by atoms with E-state index in [0.29, 0.717) is 16.3 Å². The number of amides is 1. The van der Waals surface area contributed by atoms with Gasteiger partial charge in [0.1, 0.15) is 0 Å².